The molecule has 1 saturated carbocycles. The van der Waals surface area contributed by atoms with Gasteiger partial charge in [0.1, 0.15) is 35.8 Å². The first kappa shape index (κ1) is 33.6. The van der Waals surface area contributed by atoms with Crippen molar-refractivity contribution >= 4 is 34.2 Å². The van der Waals surface area contributed by atoms with E-state index >= 15 is 4.39 Å². The minimum Gasteiger partial charge on any atom is -0.461 e. The van der Waals surface area contributed by atoms with Crippen LogP contribution in [0.4, 0.5) is 14.6 Å². The summed E-state index contributed by atoms with van der Waals surface area (Å²) in [4.78, 5) is 38.7. The molecule has 7 rings (SSSR count). The Balaban J connectivity index is 1.26. The number of amides is 1. The average molecular weight is 691 g/mol. The first-order valence-electron chi connectivity index (χ1n) is 17.0. The Morgan fingerprint density at radius 2 is 2.06 bits per heavy atom. The van der Waals surface area contributed by atoms with Crippen molar-refractivity contribution in [1.29, 1.82) is 0 Å². The Morgan fingerprint density at radius 3 is 2.84 bits per heavy atom. The Hall–Kier alpha value is -3.92. The number of aromatic nitrogens is 3. The van der Waals surface area contributed by atoms with Gasteiger partial charge in [0.15, 0.2) is 5.82 Å². The van der Waals surface area contributed by atoms with Crippen molar-refractivity contribution in [3.05, 3.63) is 64.4 Å². The molecule has 3 saturated heterocycles. The molecule has 0 bridgehead atoms. The number of fused-ring (bicyclic) bond motifs is 2. The molecule has 13 heteroatoms. The molecule has 0 unspecified atom stereocenters. The molecule has 49 heavy (non-hydrogen) atoms. The van der Waals surface area contributed by atoms with Crippen LogP contribution < -0.4 is 9.64 Å². The zero-order chi connectivity index (χ0) is 34.3. The van der Waals surface area contributed by atoms with Crippen LogP contribution in [0.1, 0.15) is 43.6 Å². The number of carbonyl (C=O) groups is 1. The number of anilines is 1. The van der Waals surface area contributed by atoms with Crippen LogP contribution in [-0.2, 0) is 4.79 Å². The average Bonchev–Trinajstić information content (AvgIpc) is 3.76. The summed E-state index contributed by atoms with van der Waals surface area (Å²) in [7, 11) is 3.85. The van der Waals surface area contributed by atoms with Crippen LogP contribution in [-0.4, -0.2) is 120 Å². The molecule has 4 fully saturated rings. The summed E-state index contributed by atoms with van der Waals surface area (Å²) in [6.07, 6.45) is 8.17. The van der Waals surface area contributed by atoms with Gasteiger partial charge in [0.25, 0.3) is 0 Å². The maximum absolute atomic E-state index is 16.8. The molecule has 3 aliphatic heterocycles. The van der Waals surface area contributed by atoms with Gasteiger partial charge in [-0.1, -0.05) is 29.8 Å². The molecule has 2 aromatic heterocycles. The van der Waals surface area contributed by atoms with E-state index < -0.39 is 23.6 Å². The molecular weight excluding hydrogens is 650 g/mol. The number of hydrogen-bond acceptors (Lipinski definition) is 8. The van der Waals surface area contributed by atoms with Gasteiger partial charge in [-0.05, 0) is 63.9 Å². The maximum atomic E-state index is 16.8. The summed E-state index contributed by atoms with van der Waals surface area (Å²) in [6, 6.07) is 5.06. The quantitative estimate of drug-likeness (QED) is 0.208. The molecule has 258 valence electrons. The smallest absolute Gasteiger partial charge is 0.319 e. The number of likely N-dealkylation sites (N-methyl/N-ethyl adjacent to an activating group) is 1. The number of halogens is 3. The highest BCUT2D eigenvalue weighted by atomic mass is 35.5. The molecule has 0 spiro atoms. The molecule has 1 aliphatic carbocycles. The number of carbonyl (C=O) groups excluding carboxylic acids is 1. The number of rotatable bonds is 10. The van der Waals surface area contributed by atoms with Crippen molar-refractivity contribution in [2.75, 3.05) is 71.4 Å². The van der Waals surface area contributed by atoms with E-state index in [9.17, 15) is 9.18 Å². The molecule has 1 amide bonds. The lowest BCUT2D eigenvalue weighted by atomic mass is 9.95. The topological polar surface area (TPSA) is 82.3 Å². The van der Waals surface area contributed by atoms with Crippen LogP contribution in [0, 0.1) is 12.4 Å². The number of ether oxygens (including phenoxy) is 1. The molecule has 4 aliphatic rings. The molecule has 3 atom stereocenters. The Kier molecular flexibility index (Phi) is 9.43. The predicted molar refractivity (Wildman–Crippen MR) is 185 cm³/mol. The second-order valence-corrected chi connectivity index (χ2v) is 14.4. The van der Waals surface area contributed by atoms with Crippen molar-refractivity contribution < 1.29 is 18.3 Å². The number of benzene rings is 1. The standard InChI is InChI=1S/C36H41ClF2N8O2/c1-40-18-25-21-45(15-16-47(25)29(48)9-5-13-44(2)3)34-27-19-41-32(26-7-4-8-28(37)30(26)23-10-11-23)31(39)33(27)42-35(43-34)49-22-36-12-6-14-46(36)20-24(38)17-36/h4-5,7-9,19,23-25H,6,10-18,20-22H2,2-3H3/b9-5+/t24-,25+,36+/m1/s1. The van der Waals surface area contributed by atoms with E-state index in [4.69, 9.17) is 27.9 Å². The van der Waals surface area contributed by atoms with Crippen molar-refractivity contribution in [1.82, 2.24) is 29.7 Å². The van der Waals surface area contributed by atoms with E-state index in [1.54, 1.807) is 23.2 Å². The van der Waals surface area contributed by atoms with Crippen molar-refractivity contribution in [2.24, 2.45) is 0 Å². The van der Waals surface area contributed by atoms with E-state index in [2.05, 4.69) is 19.7 Å². The van der Waals surface area contributed by atoms with E-state index in [0.29, 0.717) is 60.9 Å². The second kappa shape index (κ2) is 13.8. The molecule has 5 heterocycles. The van der Waals surface area contributed by atoms with Crippen molar-refractivity contribution in [2.45, 2.75) is 55.8 Å². The normalized spacial score (nSPS) is 24.3. The van der Waals surface area contributed by atoms with E-state index in [1.807, 2.05) is 42.1 Å². The fourth-order valence-electron chi connectivity index (χ4n) is 7.75. The molecule has 10 nitrogen and oxygen atoms in total. The monoisotopic (exact) mass is 690 g/mol. The summed E-state index contributed by atoms with van der Waals surface area (Å²) in [6.45, 7) is 10.8. The molecule has 3 aromatic rings. The minimum absolute atomic E-state index is 0.00227. The molecular formula is C36H41ClF2N8O2. The third kappa shape index (κ3) is 6.68. The summed E-state index contributed by atoms with van der Waals surface area (Å²) in [5.41, 5.74) is 1.32. The van der Waals surface area contributed by atoms with E-state index in [0.717, 1.165) is 37.8 Å². The zero-order valence-corrected chi connectivity index (χ0v) is 28.7. The lowest BCUT2D eigenvalue weighted by molar-refractivity contribution is -0.128. The highest BCUT2D eigenvalue weighted by molar-refractivity contribution is 6.32. The first-order chi connectivity index (χ1) is 23.7. The second-order valence-electron chi connectivity index (χ2n) is 14.0. The van der Waals surface area contributed by atoms with Gasteiger partial charge in [-0.15, -0.1) is 0 Å². The Morgan fingerprint density at radius 1 is 1.22 bits per heavy atom. The number of piperazine rings is 1. The largest absolute Gasteiger partial charge is 0.461 e. The molecule has 0 N–H and O–H groups in total. The van der Waals surface area contributed by atoms with Crippen LogP contribution in [0.2, 0.25) is 5.02 Å². The van der Waals surface area contributed by atoms with E-state index in [1.165, 1.54) is 0 Å². The Bertz CT molecular complexity index is 1810. The van der Waals surface area contributed by atoms with Crippen LogP contribution >= 0.6 is 11.6 Å². The van der Waals surface area contributed by atoms with Gasteiger partial charge in [0.2, 0.25) is 12.5 Å². The third-order valence-corrected chi connectivity index (χ3v) is 10.6. The number of hydrogen-bond donors (Lipinski definition) is 0. The van der Waals surface area contributed by atoms with Crippen LogP contribution in [0.25, 0.3) is 27.0 Å². The fourth-order valence-corrected chi connectivity index (χ4v) is 8.08. The predicted octanol–water partition coefficient (Wildman–Crippen LogP) is 5.37. The van der Waals surface area contributed by atoms with Gasteiger partial charge in [-0.2, -0.15) is 9.97 Å². The van der Waals surface area contributed by atoms with Gasteiger partial charge in [0.05, 0.1) is 10.9 Å². The van der Waals surface area contributed by atoms with Crippen LogP contribution in [0.3, 0.4) is 0 Å². The van der Waals surface area contributed by atoms with Crippen LogP contribution in [0.15, 0.2) is 36.5 Å². The molecule has 1 aromatic carbocycles. The number of alkyl halides is 1. The van der Waals surface area contributed by atoms with Crippen LogP contribution in [0.5, 0.6) is 6.01 Å². The summed E-state index contributed by atoms with van der Waals surface area (Å²) < 4.78 is 37.6. The maximum Gasteiger partial charge on any atom is 0.319 e. The van der Waals surface area contributed by atoms with Crippen molar-refractivity contribution in [3.63, 3.8) is 0 Å². The van der Waals surface area contributed by atoms with Gasteiger partial charge in [-0.25, -0.2) is 15.4 Å². The highest BCUT2D eigenvalue weighted by Gasteiger charge is 2.49. The number of pyridine rings is 1. The lowest BCUT2D eigenvalue weighted by Crippen LogP contribution is -2.56. The summed E-state index contributed by atoms with van der Waals surface area (Å²) >= 11 is 6.62. The van der Waals surface area contributed by atoms with Gasteiger partial charge < -0.3 is 24.3 Å². The summed E-state index contributed by atoms with van der Waals surface area (Å²) in [5.74, 6) is -0.0681. The van der Waals surface area contributed by atoms with Gasteiger partial charge in [0, 0.05) is 62.0 Å². The van der Waals surface area contributed by atoms with E-state index in [-0.39, 0.29) is 42.2 Å². The SMILES string of the molecule is [C-]#[N+]C[C@H]1CN(c2nc(OC[C@@]34CCCN3C[C@H](F)C4)nc3c(F)c(-c4cccc(Cl)c4C4CC4)ncc23)CCN1C(=O)/C=C/CN(C)C. The zero-order valence-electron chi connectivity index (χ0n) is 27.9. The molecule has 0 radical (unpaired) electrons. The third-order valence-electron chi connectivity index (χ3n) is 10.3. The lowest BCUT2D eigenvalue weighted by Gasteiger charge is -2.39. The van der Waals surface area contributed by atoms with Crippen molar-refractivity contribution in [3.8, 4) is 17.3 Å². The minimum atomic E-state index is -0.919. The first-order valence-corrected chi connectivity index (χ1v) is 17.4. The Labute approximate surface area is 290 Å². The number of nitrogens with zero attached hydrogens (tertiary/aromatic N) is 8. The van der Waals surface area contributed by atoms with Gasteiger partial charge >= 0.3 is 6.01 Å². The summed E-state index contributed by atoms with van der Waals surface area (Å²) in [5, 5.41) is 0.993. The highest BCUT2D eigenvalue weighted by Crippen LogP contribution is 2.48. The van der Waals surface area contributed by atoms with Gasteiger partial charge in [-0.3, -0.25) is 14.7 Å². The fraction of sp³-hybridized carbons (Fsp3) is 0.528.